The van der Waals surface area contributed by atoms with Gasteiger partial charge in [0.15, 0.2) is 0 Å². The summed E-state index contributed by atoms with van der Waals surface area (Å²) >= 11 is 1.25. The number of benzene rings is 1. The highest BCUT2D eigenvalue weighted by molar-refractivity contribution is 7.05. The maximum absolute atomic E-state index is 12.5. The van der Waals surface area contributed by atoms with Crippen LogP contribution < -0.4 is 11.3 Å². The second kappa shape index (κ2) is 6.50. The van der Waals surface area contributed by atoms with Crippen molar-refractivity contribution < 1.29 is 13.2 Å². The van der Waals surface area contributed by atoms with E-state index in [-0.39, 0.29) is 6.04 Å². The molecule has 21 heavy (non-hydrogen) atoms. The minimum absolute atomic E-state index is 0.211. The van der Waals surface area contributed by atoms with Crippen molar-refractivity contribution in [3.05, 3.63) is 46.0 Å². The van der Waals surface area contributed by atoms with Crippen LogP contribution in [-0.4, -0.2) is 9.59 Å². The normalized spacial score (nSPS) is 13.4. The summed E-state index contributed by atoms with van der Waals surface area (Å²) in [5.41, 5.74) is 3.65. The monoisotopic (exact) mass is 316 g/mol. The van der Waals surface area contributed by atoms with Crippen molar-refractivity contribution in [2.45, 2.75) is 32.0 Å². The number of hydrogen-bond donors (Lipinski definition) is 2. The number of rotatable bonds is 5. The summed E-state index contributed by atoms with van der Waals surface area (Å²) in [6.45, 7) is 1.96. The Hall–Kier alpha value is -1.51. The molecule has 8 heteroatoms. The van der Waals surface area contributed by atoms with Crippen LogP contribution in [-0.2, 0) is 19.0 Å². The zero-order chi connectivity index (χ0) is 15.5. The van der Waals surface area contributed by atoms with Gasteiger partial charge in [0.05, 0.1) is 22.2 Å². The SMILES string of the molecule is CCc1nnsc1C(Cc1ccc(C(F)(F)F)cc1)NN. The maximum Gasteiger partial charge on any atom is 0.416 e. The first-order valence-corrected chi connectivity index (χ1v) is 7.16. The Bertz CT molecular complexity index is 580. The molecule has 1 atom stereocenters. The Kier molecular flexibility index (Phi) is 4.92. The summed E-state index contributed by atoms with van der Waals surface area (Å²) in [6, 6.07) is 4.88. The molecule has 0 fully saturated rings. The summed E-state index contributed by atoms with van der Waals surface area (Å²) < 4.78 is 41.5. The molecule has 0 bridgehead atoms. The van der Waals surface area contributed by atoms with Crippen molar-refractivity contribution in [2.75, 3.05) is 0 Å². The molecule has 0 spiro atoms. The van der Waals surface area contributed by atoms with Crippen LogP contribution in [0.3, 0.4) is 0 Å². The Morgan fingerprint density at radius 2 is 1.95 bits per heavy atom. The number of nitrogens with zero attached hydrogens (tertiary/aromatic N) is 2. The van der Waals surface area contributed by atoms with Gasteiger partial charge in [0.25, 0.3) is 0 Å². The molecule has 1 unspecified atom stereocenters. The zero-order valence-electron chi connectivity index (χ0n) is 11.3. The second-order valence-corrected chi connectivity index (χ2v) is 5.34. The maximum atomic E-state index is 12.5. The van der Waals surface area contributed by atoms with Crippen molar-refractivity contribution in [3.63, 3.8) is 0 Å². The number of hydrazine groups is 1. The van der Waals surface area contributed by atoms with E-state index in [2.05, 4.69) is 15.0 Å². The number of alkyl halides is 3. The first-order chi connectivity index (χ1) is 9.95. The van der Waals surface area contributed by atoms with E-state index in [0.717, 1.165) is 34.7 Å². The van der Waals surface area contributed by atoms with Crippen molar-refractivity contribution in [1.29, 1.82) is 0 Å². The predicted molar refractivity (Wildman–Crippen MR) is 74.5 cm³/mol. The standard InChI is InChI=1S/C13H15F3N4S/c1-2-10-12(21-20-19-10)11(18-17)7-8-3-5-9(6-4-8)13(14,15)16/h3-6,11,18H,2,7,17H2,1H3. The van der Waals surface area contributed by atoms with E-state index in [0.29, 0.717) is 6.42 Å². The van der Waals surface area contributed by atoms with Crippen molar-refractivity contribution >= 4 is 11.5 Å². The number of nitrogens with one attached hydrogen (secondary N) is 1. The van der Waals surface area contributed by atoms with Crippen LogP contribution in [0, 0.1) is 0 Å². The Balaban J connectivity index is 2.16. The smallest absolute Gasteiger partial charge is 0.271 e. The molecule has 1 heterocycles. The molecule has 4 nitrogen and oxygen atoms in total. The lowest BCUT2D eigenvalue weighted by atomic mass is 10.0. The van der Waals surface area contributed by atoms with Gasteiger partial charge in [0, 0.05) is 0 Å². The van der Waals surface area contributed by atoms with Gasteiger partial charge in [-0.3, -0.25) is 11.3 Å². The van der Waals surface area contributed by atoms with E-state index >= 15 is 0 Å². The first-order valence-electron chi connectivity index (χ1n) is 6.39. The fraction of sp³-hybridized carbons (Fsp3) is 0.385. The van der Waals surface area contributed by atoms with E-state index in [1.165, 1.54) is 23.7 Å². The topological polar surface area (TPSA) is 63.8 Å². The van der Waals surface area contributed by atoms with E-state index in [1.807, 2.05) is 6.92 Å². The van der Waals surface area contributed by atoms with Crippen molar-refractivity contribution in [1.82, 2.24) is 15.0 Å². The third kappa shape index (κ3) is 3.78. The van der Waals surface area contributed by atoms with E-state index in [9.17, 15) is 13.2 Å². The first kappa shape index (κ1) is 15.9. The molecule has 0 saturated heterocycles. The van der Waals surface area contributed by atoms with Crippen LogP contribution in [0.2, 0.25) is 0 Å². The molecular weight excluding hydrogens is 301 g/mol. The molecule has 0 aliphatic carbocycles. The van der Waals surface area contributed by atoms with Crippen LogP contribution >= 0.6 is 11.5 Å². The van der Waals surface area contributed by atoms with Gasteiger partial charge in [-0.05, 0) is 42.1 Å². The minimum atomic E-state index is -4.32. The molecule has 1 aromatic carbocycles. The highest BCUT2D eigenvalue weighted by Gasteiger charge is 2.30. The van der Waals surface area contributed by atoms with E-state index in [4.69, 9.17) is 5.84 Å². The van der Waals surface area contributed by atoms with Gasteiger partial charge in [0.2, 0.25) is 0 Å². The van der Waals surface area contributed by atoms with Gasteiger partial charge in [-0.2, -0.15) is 13.2 Å². The third-order valence-corrected chi connectivity index (χ3v) is 4.04. The highest BCUT2D eigenvalue weighted by Crippen LogP contribution is 2.30. The fourth-order valence-electron chi connectivity index (χ4n) is 2.02. The summed E-state index contributed by atoms with van der Waals surface area (Å²) in [7, 11) is 0. The molecule has 2 aromatic rings. The number of aryl methyl sites for hydroxylation is 1. The number of hydrogen-bond acceptors (Lipinski definition) is 5. The lowest BCUT2D eigenvalue weighted by Gasteiger charge is -2.15. The summed E-state index contributed by atoms with van der Waals surface area (Å²) in [4.78, 5) is 0.917. The molecule has 0 aliphatic rings. The molecule has 1 aromatic heterocycles. The molecule has 0 radical (unpaired) electrons. The average Bonchev–Trinajstić information content (AvgIpc) is 2.92. The predicted octanol–water partition coefficient (Wildman–Crippen LogP) is 2.87. The van der Waals surface area contributed by atoms with Crippen LogP contribution in [0.1, 0.15) is 34.7 Å². The van der Waals surface area contributed by atoms with Crippen LogP contribution in [0.5, 0.6) is 0 Å². The van der Waals surface area contributed by atoms with Gasteiger partial charge in [-0.25, -0.2) is 0 Å². The van der Waals surface area contributed by atoms with E-state index in [1.54, 1.807) is 0 Å². The second-order valence-electron chi connectivity index (χ2n) is 4.56. The average molecular weight is 316 g/mol. The Morgan fingerprint density at radius 3 is 2.48 bits per heavy atom. The Morgan fingerprint density at radius 1 is 1.29 bits per heavy atom. The number of halogens is 3. The number of nitrogens with two attached hydrogens (primary N) is 1. The highest BCUT2D eigenvalue weighted by atomic mass is 32.1. The van der Waals surface area contributed by atoms with Gasteiger partial charge >= 0.3 is 6.18 Å². The van der Waals surface area contributed by atoms with Gasteiger partial charge in [-0.1, -0.05) is 23.5 Å². The van der Waals surface area contributed by atoms with Crippen molar-refractivity contribution in [2.24, 2.45) is 5.84 Å². The fourth-order valence-corrected chi connectivity index (χ4v) is 2.81. The third-order valence-electron chi connectivity index (χ3n) is 3.16. The molecule has 2 rings (SSSR count). The largest absolute Gasteiger partial charge is 0.416 e. The van der Waals surface area contributed by atoms with Gasteiger partial charge < -0.3 is 0 Å². The minimum Gasteiger partial charge on any atom is -0.271 e. The van der Waals surface area contributed by atoms with E-state index < -0.39 is 11.7 Å². The summed E-state index contributed by atoms with van der Waals surface area (Å²) in [5.74, 6) is 5.56. The molecule has 0 amide bonds. The number of aromatic nitrogens is 2. The zero-order valence-corrected chi connectivity index (χ0v) is 12.1. The molecule has 3 N–H and O–H groups in total. The van der Waals surface area contributed by atoms with Gasteiger partial charge in [0.1, 0.15) is 0 Å². The van der Waals surface area contributed by atoms with Crippen LogP contribution in [0.4, 0.5) is 13.2 Å². The summed E-state index contributed by atoms with van der Waals surface area (Å²) in [5, 5.41) is 4.02. The quantitative estimate of drug-likeness (QED) is 0.658. The molecule has 0 aliphatic heterocycles. The molecular formula is C13H15F3N4S. The van der Waals surface area contributed by atoms with Crippen LogP contribution in [0.15, 0.2) is 24.3 Å². The lowest BCUT2D eigenvalue weighted by molar-refractivity contribution is -0.137. The van der Waals surface area contributed by atoms with Crippen LogP contribution in [0.25, 0.3) is 0 Å². The molecule has 0 saturated carbocycles. The van der Waals surface area contributed by atoms with Gasteiger partial charge in [-0.15, -0.1) is 5.10 Å². The molecule has 114 valence electrons. The van der Waals surface area contributed by atoms with Crippen molar-refractivity contribution in [3.8, 4) is 0 Å². The lowest BCUT2D eigenvalue weighted by Crippen LogP contribution is -2.29. The summed E-state index contributed by atoms with van der Waals surface area (Å²) in [6.07, 6.45) is -3.11. The Labute approximate surface area is 124 Å².